The Morgan fingerprint density at radius 2 is 0.471 bits per heavy atom. The zero-order chi connectivity index (χ0) is 23.0. The third-order valence-electron chi connectivity index (χ3n) is 5.37. The van der Waals surface area contributed by atoms with Crippen molar-refractivity contribution in [1.29, 1.82) is 0 Å². The van der Waals surface area contributed by atoms with Gasteiger partial charge in [-0.1, -0.05) is 72.8 Å². The van der Waals surface area contributed by atoms with Crippen LogP contribution in [0.4, 0.5) is 45.5 Å². The highest BCUT2D eigenvalue weighted by atomic mass is 15.0. The van der Waals surface area contributed by atoms with Gasteiger partial charge in [-0.05, 0) is 60.7 Å². The molecule has 0 aliphatic carbocycles. The van der Waals surface area contributed by atoms with Gasteiger partial charge in [0, 0.05) is 22.7 Å². The van der Waals surface area contributed by atoms with Crippen LogP contribution >= 0.6 is 0 Å². The maximum atomic E-state index is 3.58. The van der Waals surface area contributed by atoms with Crippen molar-refractivity contribution in [2.75, 3.05) is 21.3 Å². The standard InChI is InChI=1S/C30H26N4/c1-5-13-23(14-6-1)31-27-21-29(33-25-17-9-3-10-18-25)30(34-26-19-11-4-12-20-26)22-28(27)32-24-15-7-2-8-16-24/h1-22,31-34H. The molecule has 4 nitrogen and oxygen atoms in total. The first kappa shape index (κ1) is 21.2. The molecule has 0 amide bonds. The number of anilines is 8. The van der Waals surface area contributed by atoms with Crippen LogP contribution in [0.3, 0.4) is 0 Å². The Morgan fingerprint density at radius 1 is 0.265 bits per heavy atom. The van der Waals surface area contributed by atoms with E-state index in [-0.39, 0.29) is 0 Å². The van der Waals surface area contributed by atoms with Crippen LogP contribution in [-0.2, 0) is 0 Å². The molecule has 0 bridgehead atoms. The molecule has 34 heavy (non-hydrogen) atoms. The summed E-state index contributed by atoms with van der Waals surface area (Å²) in [5.74, 6) is 0. The molecule has 5 aromatic rings. The van der Waals surface area contributed by atoms with Gasteiger partial charge >= 0.3 is 0 Å². The molecule has 0 saturated heterocycles. The van der Waals surface area contributed by atoms with E-state index in [0.29, 0.717) is 0 Å². The van der Waals surface area contributed by atoms with Crippen LogP contribution in [0.5, 0.6) is 0 Å². The lowest BCUT2D eigenvalue weighted by atomic mass is 10.1. The van der Waals surface area contributed by atoms with Gasteiger partial charge in [-0.15, -0.1) is 0 Å². The molecule has 0 aromatic heterocycles. The van der Waals surface area contributed by atoms with E-state index in [0.717, 1.165) is 45.5 Å². The molecule has 0 atom stereocenters. The Morgan fingerprint density at radius 3 is 0.676 bits per heavy atom. The SMILES string of the molecule is c1ccc(Nc2cc(Nc3ccccc3)c(Nc3ccccc3)cc2Nc2ccccc2)cc1. The van der Waals surface area contributed by atoms with Gasteiger partial charge in [0.1, 0.15) is 0 Å². The van der Waals surface area contributed by atoms with Gasteiger partial charge in [0.15, 0.2) is 0 Å². The topological polar surface area (TPSA) is 48.1 Å². The second-order valence-electron chi connectivity index (χ2n) is 7.91. The number of benzene rings is 5. The summed E-state index contributed by atoms with van der Waals surface area (Å²) in [5, 5.41) is 14.3. The van der Waals surface area contributed by atoms with Crippen LogP contribution < -0.4 is 21.3 Å². The quantitative estimate of drug-likeness (QED) is 0.194. The molecule has 0 aliphatic heterocycles. The number of hydrogen-bond acceptors (Lipinski definition) is 4. The maximum absolute atomic E-state index is 3.58. The van der Waals surface area contributed by atoms with Crippen molar-refractivity contribution in [1.82, 2.24) is 0 Å². The van der Waals surface area contributed by atoms with Gasteiger partial charge in [-0.3, -0.25) is 0 Å². The second kappa shape index (κ2) is 10.3. The number of hydrogen-bond donors (Lipinski definition) is 4. The van der Waals surface area contributed by atoms with E-state index in [1.54, 1.807) is 0 Å². The third-order valence-corrected chi connectivity index (χ3v) is 5.37. The molecule has 166 valence electrons. The summed E-state index contributed by atoms with van der Waals surface area (Å²) < 4.78 is 0. The van der Waals surface area contributed by atoms with E-state index < -0.39 is 0 Å². The van der Waals surface area contributed by atoms with Gasteiger partial charge in [-0.2, -0.15) is 0 Å². The fourth-order valence-corrected chi connectivity index (χ4v) is 3.72. The van der Waals surface area contributed by atoms with Gasteiger partial charge < -0.3 is 21.3 Å². The van der Waals surface area contributed by atoms with Gasteiger partial charge in [0.05, 0.1) is 22.7 Å². The number of para-hydroxylation sites is 4. The average molecular weight is 443 g/mol. The zero-order valence-corrected chi connectivity index (χ0v) is 18.7. The van der Waals surface area contributed by atoms with E-state index in [4.69, 9.17) is 0 Å². The van der Waals surface area contributed by atoms with Crippen LogP contribution in [0.1, 0.15) is 0 Å². The number of nitrogens with one attached hydrogen (secondary N) is 4. The number of rotatable bonds is 8. The molecule has 0 heterocycles. The lowest BCUT2D eigenvalue weighted by Gasteiger charge is -2.21. The average Bonchev–Trinajstić information content (AvgIpc) is 2.89. The van der Waals surface area contributed by atoms with Gasteiger partial charge in [0.2, 0.25) is 0 Å². The summed E-state index contributed by atoms with van der Waals surface area (Å²) in [6.45, 7) is 0. The fraction of sp³-hybridized carbons (Fsp3) is 0. The van der Waals surface area contributed by atoms with Crippen molar-refractivity contribution in [2.24, 2.45) is 0 Å². The molecule has 0 aliphatic rings. The highest BCUT2D eigenvalue weighted by Gasteiger charge is 2.12. The first-order valence-electron chi connectivity index (χ1n) is 11.3. The Bertz CT molecular complexity index is 1110. The largest absolute Gasteiger partial charge is 0.354 e. The Labute approximate surface area is 200 Å². The minimum Gasteiger partial charge on any atom is -0.354 e. The highest BCUT2D eigenvalue weighted by Crippen LogP contribution is 2.39. The normalized spacial score (nSPS) is 10.4. The van der Waals surface area contributed by atoms with E-state index in [2.05, 4.69) is 81.9 Å². The Kier molecular flexibility index (Phi) is 6.40. The predicted octanol–water partition coefficient (Wildman–Crippen LogP) is 8.66. The Balaban J connectivity index is 1.59. The minimum absolute atomic E-state index is 0.965. The van der Waals surface area contributed by atoms with E-state index in [1.165, 1.54) is 0 Å². The van der Waals surface area contributed by atoms with Gasteiger partial charge in [0.25, 0.3) is 0 Å². The fourth-order valence-electron chi connectivity index (χ4n) is 3.72. The molecule has 0 saturated carbocycles. The molecule has 5 rings (SSSR count). The van der Waals surface area contributed by atoms with E-state index >= 15 is 0 Å². The summed E-state index contributed by atoms with van der Waals surface area (Å²) in [6.07, 6.45) is 0. The summed E-state index contributed by atoms with van der Waals surface area (Å²) in [7, 11) is 0. The third kappa shape index (κ3) is 5.37. The summed E-state index contributed by atoms with van der Waals surface area (Å²) in [5.41, 5.74) is 7.94. The van der Waals surface area contributed by atoms with Crippen molar-refractivity contribution in [2.45, 2.75) is 0 Å². The van der Waals surface area contributed by atoms with Crippen molar-refractivity contribution in [3.8, 4) is 0 Å². The van der Waals surface area contributed by atoms with Crippen molar-refractivity contribution >= 4 is 45.5 Å². The van der Waals surface area contributed by atoms with E-state index in [1.807, 2.05) is 72.8 Å². The van der Waals surface area contributed by atoms with Crippen molar-refractivity contribution in [3.05, 3.63) is 133 Å². The smallest absolute Gasteiger partial charge is 0.0645 e. The lowest BCUT2D eigenvalue weighted by molar-refractivity contribution is 1.46. The molecule has 4 N–H and O–H groups in total. The first-order valence-corrected chi connectivity index (χ1v) is 11.3. The molecule has 0 fully saturated rings. The van der Waals surface area contributed by atoms with Gasteiger partial charge in [-0.25, -0.2) is 0 Å². The maximum Gasteiger partial charge on any atom is 0.0645 e. The van der Waals surface area contributed by atoms with E-state index in [9.17, 15) is 0 Å². The second-order valence-corrected chi connectivity index (χ2v) is 7.91. The van der Waals surface area contributed by atoms with Crippen LogP contribution in [0.25, 0.3) is 0 Å². The van der Waals surface area contributed by atoms with Crippen LogP contribution in [0.2, 0.25) is 0 Å². The lowest BCUT2D eigenvalue weighted by Crippen LogP contribution is -2.03. The molecular formula is C30H26N4. The molecule has 0 unspecified atom stereocenters. The monoisotopic (exact) mass is 442 g/mol. The zero-order valence-electron chi connectivity index (χ0n) is 18.7. The minimum atomic E-state index is 0.965. The molecule has 0 radical (unpaired) electrons. The van der Waals surface area contributed by atoms with Crippen molar-refractivity contribution < 1.29 is 0 Å². The van der Waals surface area contributed by atoms with Crippen molar-refractivity contribution in [3.63, 3.8) is 0 Å². The summed E-state index contributed by atoms with van der Waals surface area (Å²) >= 11 is 0. The van der Waals surface area contributed by atoms with Crippen LogP contribution in [0, 0.1) is 0 Å². The Hall–Kier alpha value is -4.70. The van der Waals surface area contributed by atoms with Crippen LogP contribution in [-0.4, -0.2) is 0 Å². The summed E-state index contributed by atoms with van der Waals surface area (Å²) in [4.78, 5) is 0. The highest BCUT2D eigenvalue weighted by molar-refractivity contribution is 5.90. The molecular weight excluding hydrogens is 416 g/mol. The predicted molar refractivity (Wildman–Crippen MR) is 145 cm³/mol. The van der Waals surface area contributed by atoms with Crippen LogP contribution in [0.15, 0.2) is 133 Å². The molecule has 5 aromatic carbocycles. The molecule has 4 heteroatoms. The molecule has 0 spiro atoms. The summed E-state index contributed by atoms with van der Waals surface area (Å²) in [6, 6.07) is 45.1. The first-order chi connectivity index (χ1) is 16.8.